The molecule has 1 aromatic heterocycles. The van der Waals surface area contributed by atoms with Crippen LogP contribution < -0.4 is 10.6 Å². The van der Waals surface area contributed by atoms with E-state index in [1.807, 2.05) is 12.1 Å². The first kappa shape index (κ1) is 25.9. The first-order valence-corrected chi connectivity index (χ1v) is 10.8. The molecule has 1 aromatic carbocycles. The van der Waals surface area contributed by atoms with E-state index >= 15 is 0 Å². The molecule has 33 heavy (non-hydrogen) atoms. The summed E-state index contributed by atoms with van der Waals surface area (Å²) in [4.78, 5) is 49.6. The number of hydrogen-bond acceptors (Lipinski definition) is 6. The number of nitrogens with zero attached hydrogens (tertiary/aromatic N) is 1. The lowest BCUT2D eigenvalue weighted by atomic mass is 10.0. The Morgan fingerprint density at radius 2 is 1.70 bits per heavy atom. The van der Waals surface area contributed by atoms with Crippen molar-refractivity contribution >= 4 is 34.8 Å². The number of nitrogens with one attached hydrogen (secondary N) is 2. The zero-order valence-electron chi connectivity index (χ0n) is 20.2. The molecule has 2 atom stereocenters. The van der Waals surface area contributed by atoms with Crippen molar-refractivity contribution in [2.45, 2.75) is 65.6 Å². The number of benzene rings is 1. The molecule has 0 aliphatic heterocycles. The number of aromatic nitrogens is 1. The summed E-state index contributed by atoms with van der Waals surface area (Å²) in [6.07, 6.45) is 1.14. The quantitative estimate of drug-likeness (QED) is 0.615. The Morgan fingerprint density at radius 1 is 1.06 bits per heavy atom. The highest BCUT2D eigenvalue weighted by molar-refractivity contribution is 5.94. The monoisotopic (exact) mass is 459 g/mol. The third-order valence-electron chi connectivity index (χ3n) is 4.92. The van der Waals surface area contributed by atoms with Gasteiger partial charge in [0.15, 0.2) is 0 Å². The predicted octanol–water partition coefficient (Wildman–Crippen LogP) is 2.79. The van der Waals surface area contributed by atoms with Crippen LogP contribution in [0.4, 0.5) is 4.79 Å². The summed E-state index contributed by atoms with van der Waals surface area (Å²) in [6, 6.07) is 5.40. The Balaban J connectivity index is 2.38. The van der Waals surface area contributed by atoms with Gasteiger partial charge in [-0.2, -0.15) is 0 Å². The van der Waals surface area contributed by atoms with Crippen molar-refractivity contribution in [1.29, 1.82) is 0 Å². The van der Waals surface area contributed by atoms with Gasteiger partial charge in [0.25, 0.3) is 0 Å². The highest BCUT2D eigenvalue weighted by Crippen LogP contribution is 2.24. The molecule has 2 amide bonds. The summed E-state index contributed by atoms with van der Waals surface area (Å²) < 4.78 is 11.8. The average Bonchev–Trinajstić information content (AvgIpc) is 3.08. The number of para-hydroxylation sites is 1. The minimum Gasteiger partial charge on any atom is -0.467 e. The third kappa shape index (κ3) is 6.81. The number of fused-ring (bicyclic) bond motifs is 1. The van der Waals surface area contributed by atoms with Crippen LogP contribution >= 0.6 is 0 Å². The molecule has 0 bridgehead atoms. The van der Waals surface area contributed by atoms with Crippen molar-refractivity contribution in [1.82, 2.24) is 15.2 Å². The van der Waals surface area contributed by atoms with Crippen LogP contribution in [0.1, 0.15) is 47.1 Å². The fraction of sp³-hybridized carbons (Fsp3) is 0.500. The minimum atomic E-state index is -1.02. The second kappa shape index (κ2) is 10.5. The van der Waals surface area contributed by atoms with E-state index in [9.17, 15) is 19.2 Å². The lowest BCUT2D eigenvalue weighted by Gasteiger charge is -2.24. The fourth-order valence-electron chi connectivity index (χ4n) is 3.45. The highest BCUT2D eigenvalue weighted by Gasteiger charge is 2.30. The smallest absolute Gasteiger partial charge is 0.419 e. The second-order valence-corrected chi connectivity index (χ2v) is 9.23. The number of esters is 1. The molecule has 0 unspecified atom stereocenters. The van der Waals surface area contributed by atoms with Crippen molar-refractivity contribution in [3.63, 3.8) is 0 Å². The van der Waals surface area contributed by atoms with E-state index in [1.54, 1.807) is 52.9 Å². The standard InChI is InChI=1S/C24H33N3O6/c1-14(2)20(25-15(3)28)21(29)26-18(22(30)32-7)12-16-13-27(23(31)33-24(4,5)6)19-11-9-8-10-17(16)19/h8-11,13-14,18,20H,12H2,1-7H3,(H,25,28)(H,26,29)/t18-,20-/m1/s1. The Labute approximate surface area is 193 Å². The van der Waals surface area contributed by atoms with Gasteiger partial charge in [-0.25, -0.2) is 9.59 Å². The molecular formula is C24H33N3O6. The Bertz CT molecular complexity index is 1030. The summed E-state index contributed by atoms with van der Waals surface area (Å²) in [6.45, 7) is 10.2. The van der Waals surface area contributed by atoms with Crippen molar-refractivity contribution in [3.8, 4) is 0 Å². The maximum atomic E-state index is 12.9. The van der Waals surface area contributed by atoms with Gasteiger partial charge >= 0.3 is 12.1 Å². The van der Waals surface area contributed by atoms with Crippen molar-refractivity contribution in [2.24, 2.45) is 5.92 Å². The molecule has 180 valence electrons. The summed E-state index contributed by atoms with van der Waals surface area (Å²) in [5, 5.41) is 6.04. The van der Waals surface area contributed by atoms with E-state index in [4.69, 9.17) is 9.47 Å². The van der Waals surface area contributed by atoms with Gasteiger partial charge in [-0.15, -0.1) is 0 Å². The second-order valence-electron chi connectivity index (χ2n) is 9.23. The van der Waals surface area contributed by atoms with Gasteiger partial charge in [-0.05, 0) is 38.3 Å². The summed E-state index contributed by atoms with van der Waals surface area (Å²) in [5.74, 6) is -1.67. The summed E-state index contributed by atoms with van der Waals surface area (Å²) in [5.41, 5.74) is 0.601. The maximum Gasteiger partial charge on any atom is 0.419 e. The van der Waals surface area contributed by atoms with Gasteiger partial charge in [0.05, 0.1) is 12.6 Å². The number of methoxy groups -OCH3 is 1. The molecule has 9 nitrogen and oxygen atoms in total. The Kier molecular flexibility index (Phi) is 8.24. The minimum absolute atomic E-state index is 0.0829. The van der Waals surface area contributed by atoms with Crippen LogP contribution in [-0.2, 0) is 30.3 Å². The fourth-order valence-corrected chi connectivity index (χ4v) is 3.45. The van der Waals surface area contributed by atoms with Crippen LogP contribution in [-0.4, -0.2) is 53.2 Å². The van der Waals surface area contributed by atoms with Crippen LogP contribution in [0.25, 0.3) is 10.9 Å². The highest BCUT2D eigenvalue weighted by atomic mass is 16.6. The molecule has 0 aliphatic carbocycles. The van der Waals surface area contributed by atoms with Crippen molar-refractivity contribution in [3.05, 3.63) is 36.0 Å². The molecule has 9 heteroatoms. The van der Waals surface area contributed by atoms with Gasteiger partial charge in [0.1, 0.15) is 17.7 Å². The Morgan fingerprint density at radius 3 is 2.24 bits per heavy atom. The number of hydrogen-bond donors (Lipinski definition) is 2. The van der Waals surface area contributed by atoms with Crippen LogP contribution in [0, 0.1) is 5.92 Å². The van der Waals surface area contributed by atoms with Crippen LogP contribution in [0.5, 0.6) is 0 Å². The molecular weight excluding hydrogens is 426 g/mol. The number of ether oxygens (including phenoxy) is 2. The molecule has 0 spiro atoms. The number of carbonyl (C=O) groups excluding carboxylic acids is 4. The summed E-state index contributed by atoms with van der Waals surface area (Å²) >= 11 is 0. The number of carbonyl (C=O) groups is 4. The molecule has 1 heterocycles. The lowest BCUT2D eigenvalue weighted by molar-refractivity contribution is -0.145. The summed E-state index contributed by atoms with van der Waals surface area (Å²) in [7, 11) is 1.24. The average molecular weight is 460 g/mol. The normalized spacial score (nSPS) is 13.3. The lowest BCUT2D eigenvalue weighted by Crippen LogP contribution is -2.54. The van der Waals surface area contributed by atoms with E-state index in [2.05, 4.69) is 10.6 Å². The van der Waals surface area contributed by atoms with E-state index in [-0.39, 0.29) is 18.2 Å². The van der Waals surface area contributed by atoms with E-state index < -0.39 is 35.7 Å². The SMILES string of the molecule is COC(=O)[C@@H](Cc1cn(C(=O)OC(C)(C)C)c2ccccc12)NC(=O)[C@H](NC(C)=O)C(C)C. The van der Waals surface area contributed by atoms with Gasteiger partial charge < -0.3 is 20.1 Å². The van der Waals surface area contributed by atoms with Crippen LogP contribution in [0.15, 0.2) is 30.5 Å². The molecule has 2 N–H and O–H groups in total. The van der Waals surface area contributed by atoms with E-state index in [1.165, 1.54) is 18.6 Å². The van der Waals surface area contributed by atoms with Gasteiger partial charge in [-0.3, -0.25) is 14.2 Å². The predicted molar refractivity (Wildman–Crippen MR) is 124 cm³/mol. The van der Waals surface area contributed by atoms with Crippen molar-refractivity contribution in [2.75, 3.05) is 7.11 Å². The zero-order chi connectivity index (χ0) is 24.9. The van der Waals surface area contributed by atoms with Crippen LogP contribution in [0.2, 0.25) is 0 Å². The number of amides is 2. The largest absolute Gasteiger partial charge is 0.467 e. The number of rotatable bonds is 7. The molecule has 0 radical (unpaired) electrons. The molecule has 0 saturated carbocycles. The maximum absolute atomic E-state index is 12.9. The Hall–Kier alpha value is -3.36. The topological polar surface area (TPSA) is 116 Å². The van der Waals surface area contributed by atoms with Crippen LogP contribution in [0.3, 0.4) is 0 Å². The van der Waals surface area contributed by atoms with E-state index in [0.29, 0.717) is 11.1 Å². The molecule has 0 aliphatic rings. The zero-order valence-corrected chi connectivity index (χ0v) is 20.2. The molecule has 0 saturated heterocycles. The van der Waals surface area contributed by atoms with Gasteiger partial charge in [-0.1, -0.05) is 32.0 Å². The molecule has 2 rings (SSSR count). The van der Waals surface area contributed by atoms with E-state index in [0.717, 1.165) is 5.39 Å². The third-order valence-corrected chi connectivity index (χ3v) is 4.92. The molecule has 0 fully saturated rings. The van der Waals surface area contributed by atoms with Crippen molar-refractivity contribution < 1.29 is 28.7 Å². The first-order chi connectivity index (χ1) is 15.3. The van der Waals surface area contributed by atoms with Gasteiger partial charge in [0, 0.05) is 24.9 Å². The van der Waals surface area contributed by atoms with Gasteiger partial charge in [0.2, 0.25) is 11.8 Å². The first-order valence-electron chi connectivity index (χ1n) is 10.8. The molecule has 2 aromatic rings.